The van der Waals surface area contributed by atoms with Crippen LogP contribution >= 0.6 is 11.6 Å². The third kappa shape index (κ3) is 7.26. The number of nitrogens with zero attached hydrogens (tertiary/aromatic N) is 5. The van der Waals surface area contributed by atoms with Gasteiger partial charge in [-0.3, -0.25) is 9.78 Å². The Morgan fingerprint density at radius 2 is 1.70 bits per heavy atom. The number of piperazine rings is 1. The molecular formula is C32H33ClF3N7O3. The number of pyridine rings is 1. The second-order valence-electron chi connectivity index (χ2n) is 10.9. The first-order chi connectivity index (χ1) is 21.5. The molecule has 46 heavy (non-hydrogen) atoms. The molecule has 4 heterocycles. The van der Waals surface area contributed by atoms with E-state index in [1.54, 1.807) is 23.2 Å². The number of likely N-dealkylation sites (N-methyl/N-ethyl adjacent to an activating group) is 1. The summed E-state index contributed by atoms with van der Waals surface area (Å²) in [4.78, 5) is 43.2. The highest BCUT2D eigenvalue weighted by Crippen LogP contribution is 2.36. The molecule has 0 atom stereocenters. The number of carbonyl (C=O) groups is 2. The minimum atomic E-state index is -4.64. The second-order valence-corrected chi connectivity index (χ2v) is 11.4. The SMILES string of the molecule is C.CN1CCN(C(=O)c2cnc(-c3cc(Oc4ccc5c(c4)CN(C(=O)Nc4ccc(Cl)c(C(F)(F)F)c4)CC5)ccn3)[nH]2)CC1. The van der Waals surface area contributed by atoms with E-state index in [1.165, 1.54) is 17.2 Å². The first-order valence-corrected chi connectivity index (χ1v) is 14.6. The van der Waals surface area contributed by atoms with E-state index in [4.69, 9.17) is 16.3 Å². The first-order valence-electron chi connectivity index (χ1n) is 14.2. The van der Waals surface area contributed by atoms with E-state index >= 15 is 0 Å². The fourth-order valence-electron chi connectivity index (χ4n) is 5.27. The van der Waals surface area contributed by atoms with E-state index in [1.807, 2.05) is 25.2 Å². The number of carbonyl (C=O) groups excluding carboxylic acids is 2. The van der Waals surface area contributed by atoms with Gasteiger partial charge in [0.15, 0.2) is 5.82 Å². The van der Waals surface area contributed by atoms with Gasteiger partial charge >= 0.3 is 12.2 Å². The number of ether oxygens (including phenoxy) is 1. The topological polar surface area (TPSA) is 107 Å². The van der Waals surface area contributed by atoms with E-state index in [0.717, 1.165) is 36.3 Å². The highest BCUT2D eigenvalue weighted by atomic mass is 35.5. The second kappa shape index (κ2) is 13.4. The van der Waals surface area contributed by atoms with E-state index in [0.29, 0.717) is 54.8 Å². The zero-order chi connectivity index (χ0) is 31.7. The van der Waals surface area contributed by atoms with Crippen molar-refractivity contribution in [3.63, 3.8) is 0 Å². The molecule has 1 fully saturated rings. The number of fused-ring (bicyclic) bond motifs is 1. The minimum absolute atomic E-state index is 0. The number of urea groups is 1. The van der Waals surface area contributed by atoms with Crippen LogP contribution in [0.5, 0.6) is 11.5 Å². The number of hydrogen-bond donors (Lipinski definition) is 2. The number of imidazole rings is 1. The van der Waals surface area contributed by atoms with Crippen molar-refractivity contribution in [3.05, 3.63) is 88.3 Å². The van der Waals surface area contributed by atoms with Crippen molar-refractivity contribution in [1.82, 2.24) is 29.7 Å². The molecule has 0 spiro atoms. The summed E-state index contributed by atoms with van der Waals surface area (Å²) >= 11 is 5.70. The van der Waals surface area contributed by atoms with Crippen LogP contribution < -0.4 is 10.1 Å². The summed E-state index contributed by atoms with van der Waals surface area (Å²) in [7, 11) is 2.03. The maximum atomic E-state index is 13.3. The number of rotatable bonds is 5. The first kappa shape index (κ1) is 32.8. The number of aromatic amines is 1. The highest BCUT2D eigenvalue weighted by molar-refractivity contribution is 6.31. The van der Waals surface area contributed by atoms with Gasteiger partial charge in [-0.2, -0.15) is 13.2 Å². The zero-order valence-corrected chi connectivity index (χ0v) is 25.0. The van der Waals surface area contributed by atoms with Crippen LogP contribution in [-0.2, 0) is 19.1 Å². The Labute approximate surface area is 269 Å². The van der Waals surface area contributed by atoms with Crippen molar-refractivity contribution in [3.8, 4) is 23.0 Å². The monoisotopic (exact) mass is 655 g/mol. The number of H-pyrrole nitrogens is 1. The van der Waals surface area contributed by atoms with Crippen molar-refractivity contribution < 1.29 is 27.5 Å². The maximum absolute atomic E-state index is 13.3. The van der Waals surface area contributed by atoms with Crippen LogP contribution in [0.25, 0.3) is 11.5 Å². The van der Waals surface area contributed by atoms with Gasteiger partial charge in [-0.15, -0.1) is 0 Å². The molecule has 14 heteroatoms. The molecule has 0 saturated carbocycles. The highest BCUT2D eigenvalue weighted by Gasteiger charge is 2.33. The van der Waals surface area contributed by atoms with Gasteiger partial charge in [-0.25, -0.2) is 9.78 Å². The molecule has 0 aliphatic carbocycles. The van der Waals surface area contributed by atoms with Crippen LogP contribution in [-0.4, -0.2) is 81.4 Å². The average molecular weight is 656 g/mol. The number of halogens is 4. The third-order valence-corrected chi connectivity index (χ3v) is 8.14. The Kier molecular flexibility index (Phi) is 9.54. The number of benzene rings is 2. The molecule has 0 radical (unpaired) electrons. The molecule has 4 aromatic rings. The predicted octanol–water partition coefficient (Wildman–Crippen LogP) is 6.55. The number of alkyl halides is 3. The molecule has 0 unspecified atom stereocenters. The van der Waals surface area contributed by atoms with Crippen LogP contribution in [0.4, 0.5) is 23.7 Å². The van der Waals surface area contributed by atoms with Gasteiger partial charge in [0.1, 0.15) is 22.9 Å². The fourth-order valence-corrected chi connectivity index (χ4v) is 5.50. The molecule has 6 rings (SSSR count). The van der Waals surface area contributed by atoms with E-state index in [9.17, 15) is 22.8 Å². The number of nitrogens with one attached hydrogen (secondary N) is 2. The molecule has 2 aromatic heterocycles. The fraction of sp³-hybridized carbons (Fsp3) is 0.312. The minimum Gasteiger partial charge on any atom is -0.457 e. The van der Waals surface area contributed by atoms with Gasteiger partial charge in [0, 0.05) is 57.2 Å². The molecule has 0 bridgehead atoms. The Bertz CT molecular complexity index is 1740. The van der Waals surface area contributed by atoms with Crippen LogP contribution in [0.15, 0.2) is 60.9 Å². The summed E-state index contributed by atoms with van der Waals surface area (Å²) in [6, 6.07) is 11.7. The lowest BCUT2D eigenvalue weighted by molar-refractivity contribution is -0.137. The summed E-state index contributed by atoms with van der Waals surface area (Å²) in [5.41, 5.74) is 1.78. The molecule has 242 valence electrons. The largest absolute Gasteiger partial charge is 0.457 e. The maximum Gasteiger partial charge on any atom is 0.417 e. The molecule has 1 saturated heterocycles. The van der Waals surface area contributed by atoms with Gasteiger partial charge < -0.3 is 29.7 Å². The summed E-state index contributed by atoms with van der Waals surface area (Å²) in [6.07, 6.45) is -0.970. The van der Waals surface area contributed by atoms with Gasteiger partial charge in [0.2, 0.25) is 0 Å². The molecule has 3 amide bonds. The molecule has 2 aromatic carbocycles. The molecule has 2 N–H and O–H groups in total. The van der Waals surface area contributed by atoms with Crippen molar-refractivity contribution in [2.45, 2.75) is 26.6 Å². The summed E-state index contributed by atoms with van der Waals surface area (Å²) in [6.45, 7) is 3.58. The summed E-state index contributed by atoms with van der Waals surface area (Å²) in [5.74, 6) is 1.36. The average Bonchev–Trinajstić information content (AvgIpc) is 3.52. The number of hydrogen-bond acceptors (Lipinski definition) is 6. The summed E-state index contributed by atoms with van der Waals surface area (Å²) < 4.78 is 45.9. The smallest absolute Gasteiger partial charge is 0.417 e. The van der Waals surface area contributed by atoms with Crippen molar-refractivity contribution in [2.24, 2.45) is 0 Å². The Hall–Kier alpha value is -4.62. The Morgan fingerprint density at radius 3 is 2.46 bits per heavy atom. The van der Waals surface area contributed by atoms with Crippen LogP contribution in [0.2, 0.25) is 5.02 Å². The van der Waals surface area contributed by atoms with Gasteiger partial charge in [0.05, 0.1) is 16.8 Å². The Morgan fingerprint density at radius 1 is 0.935 bits per heavy atom. The third-order valence-electron chi connectivity index (χ3n) is 7.81. The van der Waals surface area contributed by atoms with E-state index in [-0.39, 0.29) is 25.6 Å². The zero-order valence-electron chi connectivity index (χ0n) is 24.2. The molecular weight excluding hydrogens is 623 g/mol. The number of amides is 3. The van der Waals surface area contributed by atoms with Gasteiger partial charge in [0.25, 0.3) is 5.91 Å². The summed E-state index contributed by atoms with van der Waals surface area (Å²) in [5, 5.41) is 2.10. The lowest BCUT2D eigenvalue weighted by atomic mass is 10.00. The number of anilines is 1. The van der Waals surface area contributed by atoms with Crippen LogP contribution in [0, 0.1) is 0 Å². The van der Waals surface area contributed by atoms with Crippen LogP contribution in [0.3, 0.4) is 0 Å². The van der Waals surface area contributed by atoms with Crippen LogP contribution in [0.1, 0.15) is 34.6 Å². The predicted molar refractivity (Wildman–Crippen MR) is 168 cm³/mol. The lowest BCUT2D eigenvalue weighted by Gasteiger charge is -2.32. The number of aromatic nitrogens is 3. The van der Waals surface area contributed by atoms with Crippen molar-refractivity contribution in [2.75, 3.05) is 45.1 Å². The van der Waals surface area contributed by atoms with Gasteiger partial charge in [-0.05, 0) is 61.0 Å². The Balaban J connectivity index is 0.00000417. The van der Waals surface area contributed by atoms with Crippen molar-refractivity contribution >= 4 is 29.2 Å². The molecule has 2 aliphatic heterocycles. The molecule has 2 aliphatic rings. The standard InChI is InChI=1S/C31H29ClF3N7O3.CH4/c1-40-10-12-41(13-11-40)29(43)27-17-37-28(39-27)26-16-23(6-8-36-26)45-22-4-2-19-7-9-42(18-20(19)14-22)30(44)38-21-3-5-25(32)24(15-21)31(33,34)35;/h2-6,8,14-17H,7,9-13,18H2,1H3,(H,37,39)(H,38,44);1H4. The van der Waals surface area contributed by atoms with Crippen molar-refractivity contribution in [1.29, 1.82) is 0 Å². The van der Waals surface area contributed by atoms with Gasteiger partial charge in [-0.1, -0.05) is 25.1 Å². The van der Waals surface area contributed by atoms with E-state index < -0.39 is 22.8 Å². The molecule has 10 nitrogen and oxygen atoms in total. The quantitative estimate of drug-likeness (QED) is 0.253. The normalized spacial score (nSPS) is 15.2. The lowest BCUT2D eigenvalue weighted by Crippen LogP contribution is -2.47. The van der Waals surface area contributed by atoms with E-state index in [2.05, 4.69) is 25.2 Å².